The van der Waals surface area contributed by atoms with Gasteiger partial charge in [0.25, 0.3) is 0 Å². The Hall–Kier alpha value is -1.88. The fourth-order valence-electron chi connectivity index (χ4n) is 2.53. The van der Waals surface area contributed by atoms with E-state index in [9.17, 15) is 9.59 Å². The van der Waals surface area contributed by atoms with Crippen molar-refractivity contribution in [1.82, 2.24) is 4.90 Å². The highest BCUT2D eigenvalue weighted by atomic mass is 16.6. The van der Waals surface area contributed by atoms with Crippen LogP contribution in [0.5, 0.6) is 0 Å². The van der Waals surface area contributed by atoms with Gasteiger partial charge in [-0.15, -0.1) is 0 Å². The van der Waals surface area contributed by atoms with E-state index in [4.69, 9.17) is 9.47 Å². The summed E-state index contributed by atoms with van der Waals surface area (Å²) in [5.41, 5.74) is 0.733. The molecule has 5 heteroatoms. The normalized spacial score (nSPS) is 11.4. The van der Waals surface area contributed by atoms with Crippen LogP contribution in [0.25, 0.3) is 0 Å². The summed E-state index contributed by atoms with van der Waals surface area (Å²) in [5, 5.41) is 0. The standard InChI is InChI=1S/C19H29NO4/c1-6-23-17(21)19(12-13-20(4)5,18(22)24-7-2)14-16-10-8-15(3)9-11-16/h8-11H,6-7,12-14H2,1-5H3. The van der Waals surface area contributed by atoms with Crippen molar-refractivity contribution in [2.24, 2.45) is 5.41 Å². The molecule has 0 saturated carbocycles. The van der Waals surface area contributed by atoms with Crippen molar-refractivity contribution in [2.75, 3.05) is 33.9 Å². The molecule has 0 unspecified atom stereocenters. The molecular weight excluding hydrogens is 306 g/mol. The summed E-state index contributed by atoms with van der Waals surface area (Å²) in [6.45, 7) is 6.53. The van der Waals surface area contributed by atoms with E-state index in [-0.39, 0.29) is 19.6 Å². The summed E-state index contributed by atoms with van der Waals surface area (Å²) >= 11 is 0. The number of hydrogen-bond acceptors (Lipinski definition) is 5. The molecule has 0 aliphatic rings. The predicted molar refractivity (Wildman–Crippen MR) is 93.8 cm³/mol. The number of carbonyl (C=O) groups excluding carboxylic acids is 2. The molecule has 0 heterocycles. The van der Waals surface area contributed by atoms with Crippen LogP contribution in [0.3, 0.4) is 0 Å². The molecule has 134 valence electrons. The van der Waals surface area contributed by atoms with Crippen molar-refractivity contribution in [3.8, 4) is 0 Å². The molecule has 1 rings (SSSR count). The van der Waals surface area contributed by atoms with Gasteiger partial charge in [0, 0.05) is 0 Å². The molecule has 0 radical (unpaired) electrons. The van der Waals surface area contributed by atoms with Gasteiger partial charge in [-0.25, -0.2) is 0 Å². The molecule has 0 fully saturated rings. The smallest absolute Gasteiger partial charge is 0.323 e. The highest BCUT2D eigenvalue weighted by Crippen LogP contribution is 2.31. The predicted octanol–water partition coefficient (Wildman–Crippen LogP) is 2.60. The Morgan fingerprint density at radius 2 is 1.50 bits per heavy atom. The maximum Gasteiger partial charge on any atom is 0.323 e. The average molecular weight is 335 g/mol. The molecule has 0 spiro atoms. The molecule has 0 bridgehead atoms. The van der Waals surface area contributed by atoms with Gasteiger partial charge in [0.05, 0.1) is 13.2 Å². The SMILES string of the molecule is CCOC(=O)C(CCN(C)C)(Cc1ccc(C)cc1)C(=O)OCC. The van der Waals surface area contributed by atoms with Gasteiger partial charge in [-0.2, -0.15) is 0 Å². The third-order valence-electron chi connectivity index (χ3n) is 3.94. The lowest BCUT2D eigenvalue weighted by Gasteiger charge is -2.30. The number of aryl methyl sites for hydroxylation is 1. The van der Waals surface area contributed by atoms with Gasteiger partial charge in [-0.05, 0) is 59.8 Å². The van der Waals surface area contributed by atoms with Crippen molar-refractivity contribution >= 4 is 11.9 Å². The highest BCUT2D eigenvalue weighted by Gasteiger charge is 2.48. The Bertz CT molecular complexity index is 519. The quantitative estimate of drug-likeness (QED) is 0.513. The Balaban J connectivity index is 3.23. The number of rotatable bonds is 9. The fraction of sp³-hybridized carbons (Fsp3) is 0.579. The zero-order valence-corrected chi connectivity index (χ0v) is 15.4. The molecule has 0 aromatic heterocycles. The van der Waals surface area contributed by atoms with Crippen LogP contribution in [-0.2, 0) is 25.5 Å². The fourth-order valence-corrected chi connectivity index (χ4v) is 2.53. The molecule has 24 heavy (non-hydrogen) atoms. The first-order valence-electron chi connectivity index (χ1n) is 8.40. The van der Waals surface area contributed by atoms with Gasteiger partial charge in [0.2, 0.25) is 0 Å². The zero-order chi connectivity index (χ0) is 18.2. The van der Waals surface area contributed by atoms with Crippen LogP contribution in [-0.4, -0.2) is 50.7 Å². The van der Waals surface area contributed by atoms with Gasteiger partial charge in [-0.3, -0.25) is 9.59 Å². The van der Waals surface area contributed by atoms with E-state index in [1.54, 1.807) is 13.8 Å². The summed E-state index contributed by atoms with van der Waals surface area (Å²) in [7, 11) is 3.82. The number of esters is 2. The molecule has 0 aliphatic carbocycles. The minimum atomic E-state index is -1.31. The number of ether oxygens (including phenoxy) is 2. The van der Waals surface area contributed by atoms with Crippen LogP contribution in [0.1, 0.15) is 31.4 Å². The van der Waals surface area contributed by atoms with E-state index in [2.05, 4.69) is 0 Å². The van der Waals surface area contributed by atoms with E-state index in [0.29, 0.717) is 13.0 Å². The van der Waals surface area contributed by atoms with E-state index in [1.807, 2.05) is 50.2 Å². The molecule has 1 aromatic carbocycles. The van der Waals surface area contributed by atoms with Crippen LogP contribution >= 0.6 is 0 Å². The Morgan fingerprint density at radius 1 is 1.00 bits per heavy atom. The van der Waals surface area contributed by atoms with Crippen LogP contribution in [0.4, 0.5) is 0 Å². The molecule has 0 N–H and O–H groups in total. The number of nitrogens with zero attached hydrogens (tertiary/aromatic N) is 1. The molecule has 0 amide bonds. The van der Waals surface area contributed by atoms with Gasteiger partial charge in [0.1, 0.15) is 0 Å². The largest absolute Gasteiger partial charge is 0.465 e. The molecule has 5 nitrogen and oxygen atoms in total. The lowest BCUT2D eigenvalue weighted by Crippen LogP contribution is -2.45. The third-order valence-corrected chi connectivity index (χ3v) is 3.94. The lowest BCUT2D eigenvalue weighted by atomic mass is 9.78. The van der Waals surface area contributed by atoms with Crippen molar-refractivity contribution in [3.63, 3.8) is 0 Å². The van der Waals surface area contributed by atoms with Gasteiger partial charge < -0.3 is 14.4 Å². The van der Waals surface area contributed by atoms with Crippen molar-refractivity contribution < 1.29 is 19.1 Å². The lowest BCUT2D eigenvalue weighted by molar-refractivity contribution is -0.173. The second-order valence-electron chi connectivity index (χ2n) is 6.24. The maximum absolute atomic E-state index is 12.7. The van der Waals surface area contributed by atoms with Crippen molar-refractivity contribution in [1.29, 1.82) is 0 Å². The van der Waals surface area contributed by atoms with Crippen molar-refractivity contribution in [3.05, 3.63) is 35.4 Å². The van der Waals surface area contributed by atoms with E-state index in [1.165, 1.54) is 0 Å². The first-order chi connectivity index (χ1) is 11.4. The topological polar surface area (TPSA) is 55.8 Å². The summed E-state index contributed by atoms with van der Waals surface area (Å²) in [5.74, 6) is -1.02. The monoisotopic (exact) mass is 335 g/mol. The third kappa shape index (κ3) is 5.34. The molecular formula is C19H29NO4. The molecule has 1 aromatic rings. The van der Waals surface area contributed by atoms with Crippen LogP contribution in [0.2, 0.25) is 0 Å². The molecule has 0 atom stereocenters. The Labute approximate surface area is 144 Å². The van der Waals surface area contributed by atoms with Crippen LogP contribution < -0.4 is 0 Å². The second-order valence-corrected chi connectivity index (χ2v) is 6.24. The minimum Gasteiger partial charge on any atom is -0.465 e. The summed E-state index contributed by atoms with van der Waals surface area (Å²) in [4.78, 5) is 27.4. The number of hydrogen-bond donors (Lipinski definition) is 0. The van der Waals surface area contributed by atoms with Crippen molar-refractivity contribution in [2.45, 2.75) is 33.6 Å². The maximum atomic E-state index is 12.7. The number of benzene rings is 1. The second kappa shape index (κ2) is 9.42. The van der Waals surface area contributed by atoms with Gasteiger partial charge in [0.15, 0.2) is 5.41 Å². The van der Waals surface area contributed by atoms with E-state index < -0.39 is 17.4 Å². The van der Waals surface area contributed by atoms with Crippen LogP contribution in [0.15, 0.2) is 24.3 Å². The van der Waals surface area contributed by atoms with Gasteiger partial charge in [-0.1, -0.05) is 29.8 Å². The number of carbonyl (C=O) groups is 2. The van der Waals surface area contributed by atoms with Gasteiger partial charge >= 0.3 is 11.9 Å². The molecule has 0 saturated heterocycles. The average Bonchev–Trinajstić information content (AvgIpc) is 2.53. The van der Waals surface area contributed by atoms with E-state index in [0.717, 1.165) is 11.1 Å². The summed E-state index contributed by atoms with van der Waals surface area (Å²) in [6, 6.07) is 7.83. The Morgan fingerprint density at radius 3 is 1.92 bits per heavy atom. The van der Waals surface area contributed by atoms with E-state index >= 15 is 0 Å². The highest BCUT2D eigenvalue weighted by molar-refractivity contribution is 6.00. The first-order valence-corrected chi connectivity index (χ1v) is 8.40. The van der Waals surface area contributed by atoms with Crippen LogP contribution in [0, 0.1) is 12.3 Å². The Kier molecular flexibility index (Phi) is 7.92. The summed E-state index contributed by atoms with van der Waals surface area (Å²) < 4.78 is 10.5. The molecule has 0 aliphatic heterocycles. The minimum absolute atomic E-state index is 0.232. The first kappa shape index (κ1) is 20.2. The zero-order valence-electron chi connectivity index (χ0n) is 15.4. The summed E-state index contributed by atoms with van der Waals surface area (Å²) in [6.07, 6.45) is 0.629.